The van der Waals surface area contributed by atoms with Crippen molar-refractivity contribution in [2.24, 2.45) is 5.41 Å². The van der Waals surface area contributed by atoms with Crippen molar-refractivity contribution < 1.29 is 5.11 Å². The van der Waals surface area contributed by atoms with E-state index in [4.69, 9.17) is 0 Å². The molecule has 2 rings (SSSR count). The van der Waals surface area contributed by atoms with Crippen LogP contribution in [0.3, 0.4) is 0 Å². The lowest BCUT2D eigenvalue weighted by Gasteiger charge is -2.23. The first kappa shape index (κ1) is 17.5. The summed E-state index contributed by atoms with van der Waals surface area (Å²) in [5.74, 6) is 0. The van der Waals surface area contributed by atoms with Gasteiger partial charge in [0.05, 0.1) is 5.69 Å². The zero-order valence-corrected chi connectivity index (χ0v) is 14.0. The molecule has 4 heteroatoms. The number of hydrogen-bond acceptors (Lipinski definition) is 3. The standard InChI is InChI=1S/C16H26N2O.H2S/c1-15(2,3)17-11-14(19)13-7-5-6-12(18-13)10-16(4)8-9-16;/h5-7,14,17,19H,8-11H2,1-4H3;1H2/t14-;/m0./s1. The molecule has 0 saturated heterocycles. The predicted molar refractivity (Wildman–Crippen MR) is 88.4 cm³/mol. The fraction of sp³-hybridized carbons (Fsp3) is 0.688. The molecule has 1 saturated carbocycles. The van der Waals surface area contributed by atoms with E-state index in [1.54, 1.807) is 0 Å². The third-order valence-corrected chi connectivity index (χ3v) is 3.71. The lowest BCUT2D eigenvalue weighted by Crippen LogP contribution is -2.38. The first-order chi connectivity index (χ1) is 8.77. The van der Waals surface area contributed by atoms with Crippen LogP contribution < -0.4 is 5.32 Å². The summed E-state index contributed by atoms with van der Waals surface area (Å²) >= 11 is 0. The number of aliphatic hydroxyl groups is 1. The van der Waals surface area contributed by atoms with Gasteiger partial charge >= 0.3 is 0 Å². The van der Waals surface area contributed by atoms with Crippen LogP contribution in [0.5, 0.6) is 0 Å². The van der Waals surface area contributed by atoms with E-state index in [1.165, 1.54) is 12.8 Å². The van der Waals surface area contributed by atoms with Crippen LogP contribution in [-0.2, 0) is 6.42 Å². The Balaban J connectivity index is 0.00000200. The Morgan fingerprint density at radius 2 is 2.00 bits per heavy atom. The van der Waals surface area contributed by atoms with Crippen molar-refractivity contribution in [1.29, 1.82) is 0 Å². The number of pyridine rings is 1. The number of nitrogens with zero attached hydrogens (tertiary/aromatic N) is 1. The van der Waals surface area contributed by atoms with E-state index in [-0.39, 0.29) is 19.0 Å². The van der Waals surface area contributed by atoms with Crippen LogP contribution in [0.25, 0.3) is 0 Å². The monoisotopic (exact) mass is 296 g/mol. The molecule has 1 aliphatic carbocycles. The van der Waals surface area contributed by atoms with Crippen LogP contribution in [-0.4, -0.2) is 22.2 Å². The van der Waals surface area contributed by atoms with Gasteiger partial charge in [0.1, 0.15) is 6.10 Å². The van der Waals surface area contributed by atoms with Crippen molar-refractivity contribution in [3.63, 3.8) is 0 Å². The Labute approximate surface area is 129 Å². The summed E-state index contributed by atoms with van der Waals surface area (Å²) in [6, 6.07) is 5.98. The Hall–Kier alpha value is -0.580. The number of aliphatic hydroxyl groups excluding tert-OH is 1. The highest BCUT2D eigenvalue weighted by atomic mass is 32.1. The van der Waals surface area contributed by atoms with Gasteiger partial charge in [-0.1, -0.05) is 13.0 Å². The molecular formula is C16H28N2OS. The van der Waals surface area contributed by atoms with Crippen LogP contribution in [0.1, 0.15) is 58.0 Å². The summed E-state index contributed by atoms with van der Waals surface area (Å²) < 4.78 is 0. The van der Waals surface area contributed by atoms with Crippen molar-refractivity contribution in [1.82, 2.24) is 10.3 Å². The van der Waals surface area contributed by atoms with E-state index in [2.05, 4.69) is 44.1 Å². The molecule has 1 aromatic heterocycles. The molecule has 1 atom stereocenters. The van der Waals surface area contributed by atoms with Gasteiger partial charge in [-0.25, -0.2) is 0 Å². The van der Waals surface area contributed by atoms with Gasteiger partial charge in [0.15, 0.2) is 0 Å². The highest BCUT2D eigenvalue weighted by Gasteiger charge is 2.37. The molecule has 20 heavy (non-hydrogen) atoms. The molecule has 1 heterocycles. The van der Waals surface area contributed by atoms with E-state index in [0.29, 0.717) is 12.0 Å². The topological polar surface area (TPSA) is 45.1 Å². The molecule has 1 aliphatic rings. The zero-order chi connectivity index (χ0) is 14.1. The highest BCUT2D eigenvalue weighted by Crippen LogP contribution is 2.47. The van der Waals surface area contributed by atoms with Crippen molar-refractivity contribution in [3.8, 4) is 0 Å². The molecule has 0 amide bonds. The van der Waals surface area contributed by atoms with Gasteiger partial charge in [-0.05, 0) is 57.6 Å². The molecule has 0 spiro atoms. The van der Waals surface area contributed by atoms with Gasteiger partial charge in [-0.2, -0.15) is 13.5 Å². The maximum absolute atomic E-state index is 10.2. The predicted octanol–water partition coefficient (Wildman–Crippen LogP) is 2.96. The van der Waals surface area contributed by atoms with Gasteiger partial charge in [0.25, 0.3) is 0 Å². The molecule has 0 unspecified atom stereocenters. The smallest absolute Gasteiger partial charge is 0.108 e. The molecule has 0 radical (unpaired) electrons. The van der Waals surface area contributed by atoms with Crippen molar-refractivity contribution in [2.45, 2.75) is 58.6 Å². The summed E-state index contributed by atoms with van der Waals surface area (Å²) in [4.78, 5) is 4.61. The average Bonchev–Trinajstić information content (AvgIpc) is 3.03. The first-order valence-corrected chi connectivity index (χ1v) is 7.16. The van der Waals surface area contributed by atoms with E-state index < -0.39 is 6.10 Å². The van der Waals surface area contributed by atoms with E-state index in [9.17, 15) is 5.11 Å². The van der Waals surface area contributed by atoms with Gasteiger partial charge in [-0.15, -0.1) is 0 Å². The largest absolute Gasteiger partial charge is 0.385 e. The lowest BCUT2D eigenvalue weighted by atomic mass is 10.0. The Bertz CT molecular complexity index is 438. The summed E-state index contributed by atoms with van der Waals surface area (Å²) in [5.41, 5.74) is 2.35. The van der Waals surface area contributed by atoms with Gasteiger partial charge < -0.3 is 10.4 Å². The molecule has 0 bridgehead atoms. The minimum Gasteiger partial charge on any atom is -0.385 e. The third-order valence-electron chi connectivity index (χ3n) is 3.71. The summed E-state index contributed by atoms with van der Waals surface area (Å²) in [6.45, 7) is 9.13. The second-order valence-corrected chi connectivity index (χ2v) is 7.19. The van der Waals surface area contributed by atoms with Crippen LogP contribution >= 0.6 is 13.5 Å². The quantitative estimate of drug-likeness (QED) is 0.878. The van der Waals surface area contributed by atoms with Crippen LogP contribution in [0.15, 0.2) is 18.2 Å². The van der Waals surface area contributed by atoms with Crippen molar-refractivity contribution in [3.05, 3.63) is 29.6 Å². The Morgan fingerprint density at radius 3 is 2.55 bits per heavy atom. The molecule has 2 N–H and O–H groups in total. The second kappa shape index (κ2) is 6.46. The molecule has 0 aromatic carbocycles. The molecule has 1 fully saturated rings. The molecule has 3 nitrogen and oxygen atoms in total. The van der Waals surface area contributed by atoms with E-state index in [1.807, 2.05) is 12.1 Å². The summed E-state index contributed by atoms with van der Waals surface area (Å²) in [7, 11) is 0. The SMILES string of the molecule is CC1(Cc2cccc([C@@H](O)CNC(C)(C)C)n2)CC1.S. The summed E-state index contributed by atoms with van der Waals surface area (Å²) in [5, 5.41) is 13.5. The number of aromatic nitrogens is 1. The number of β-amino-alcohol motifs (C(OH)–C–C–N with tert-alkyl or cyclic N) is 1. The van der Waals surface area contributed by atoms with Crippen molar-refractivity contribution in [2.75, 3.05) is 6.54 Å². The molecule has 114 valence electrons. The first-order valence-electron chi connectivity index (χ1n) is 7.16. The highest BCUT2D eigenvalue weighted by molar-refractivity contribution is 7.59. The number of nitrogens with one attached hydrogen (secondary N) is 1. The Morgan fingerprint density at radius 1 is 1.35 bits per heavy atom. The van der Waals surface area contributed by atoms with Crippen LogP contribution in [0.2, 0.25) is 0 Å². The fourth-order valence-corrected chi connectivity index (χ4v) is 2.12. The third kappa shape index (κ3) is 5.43. The maximum Gasteiger partial charge on any atom is 0.108 e. The molecule has 1 aromatic rings. The average molecular weight is 296 g/mol. The fourth-order valence-electron chi connectivity index (χ4n) is 2.12. The number of hydrogen-bond donors (Lipinski definition) is 2. The normalized spacial score (nSPS) is 18.2. The van der Waals surface area contributed by atoms with Crippen LogP contribution in [0.4, 0.5) is 0 Å². The van der Waals surface area contributed by atoms with Crippen molar-refractivity contribution >= 4 is 13.5 Å². The minimum absolute atomic E-state index is 0. The lowest BCUT2D eigenvalue weighted by molar-refractivity contribution is 0.158. The van der Waals surface area contributed by atoms with E-state index in [0.717, 1.165) is 17.8 Å². The second-order valence-electron chi connectivity index (χ2n) is 7.19. The van der Waals surface area contributed by atoms with Gasteiger partial charge in [-0.3, -0.25) is 4.98 Å². The zero-order valence-electron chi connectivity index (χ0n) is 13.0. The van der Waals surface area contributed by atoms with Crippen LogP contribution in [0, 0.1) is 5.41 Å². The minimum atomic E-state index is -0.536. The Kier molecular flexibility index (Phi) is 5.64. The molecular weight excluding hydrogens is 268 g/mol. The van der Waals surface area contributed by atoms with Gasteiger partial charge in [0, 0.05) is 17.8 Å². The van der Waals surface area contributed by atoms with E-state index >= 15 is 0 Å². The molecule has 0 aliphatic heterocycles. The van der Waals surface area contributed by atoms with Gasteiger partial charge in [0.2, 0.25) is 0 Å². The maximum atomic E-state index is 10.2. The summed E-state index contributed by atoms with van der Waals surface area (Å²) in [6.07, 6.45) is 3.09. The number of rotatable bonds is 5.